The molecule has 0 saturated heterocycles. The van der Waals surface area contributed by atoms with Crippen LogP contribution in [-0.2, 0) is 0 Å². The molecule has 6 heteroatoms. The van der Waals surface area contributed by atoms with E-state index in [1.165, 1.54) is 5.56 Å². The van der Waals surface area contributed by atoms with Gasteiger partial charge in [0.15, 0.2) is 17.5 Å². The maximum Gasteiger partial charge on any atom is 0.246 e. The standard InChI is InChI=1S/C47H29N5O/c1-3-10-30(11-4-1)31-18-22-34(23-19-31)45-50-44(33-12-5-2-6-13-33)51-46(52-45)35-24-20-32(21-25-35)36-14-9-15-37(28-36)38-26-27-42-39(29-38)43-47(53-42)49-41-17-8-7-16-40(41)48-43/h1-29H. The van der Waals surface area contributed by atoms with Gasteiger partial charge in [-0.3, -0.25) is 0 Å². The molecule has 0 atom stereocenters. The van der Waals surface area contributed by atoms with Crippen LogP contribution in [0.5, 0.6) is 0 Å². The highest BCUT2D eigenvalue weighted by molar-refractivity contribution is 6.05. The molecule has 10 rings (SSSR count). The summed E-state index contributed by atoms with van der Waals surface area (Å²) in [5.74, 6) is 1.89. The monoisotopic (exact) mass is 679 g/mol. The Morgan fingerprint density at radius 2 is 0.717 bits per heavy atom. The van der Waals surface area contributed by atoms with Crippen LogP contribution in [0.15, 0.2) is 180 Å². The Labute approximate surface area is 305 Å². The van der Waals surface area contributed by atoms with Crippen LogP contribution in [0, 0.1) is 0 Å². The van der Waals surface area contributed by atoms with E-state index in [4.69, 9.17) is 29.3 Å². The van der Waals surface area contributed by atoms with Gasteiger partial charge < -0.3 is 4.42 Å². The van der Waals surface area contributed by atoms with Gasteiger partial charge in [-0.1, -0.05) is 146 Å². The molecule has 0 aliphatic heterocycles. The van der Waals surface area contributed by atoms with Gasteiger partial charge in [-0.2, -0.15) is 0 Å². The molecule has 0 aliphatic rings. The van der Waals surface area contributed by atoms with Crippen molar-refractivity contribution in [2.24, 2.45) is 0 Å². The van der Waals surface area contributed by atoms with E-state index in [9.17, 15) is 0 Å². The van der Waals surface area contributed by atoms with Crippen LogP contribution in [0.4, 0.5) is 0 Å². The lowest BCUT2D eigenvalue weighted by Gasteiger charge is -2.10. The maximum absolute atomic E-state index is 6.09. The lowest BCUT2D eigenvalue weighted by atomic mass is 9.97. The summed E-state index contributed by atoms with van der Waals surface area (Å²) in [6.07, 6.45) is 0. The van der Waals surface area contributed by atoms with Gasteiger partial charge in [0.25, 0.3) is 0 Å². The van der Waals surface area contributed by atoms with Crippen molar-refractivity contribution in [3.8, 4) is 67.5 Å². The first kappa shape index (κ1) is 30.5. The fraction of sp³-hybridized carbons (Fsp3) is 0. The molecular weight excluding hydrogens is 651 g/mol. The van der Waals surface area contributed by atoms with E-state index in [0.29, 0.717) is 23.2 Å². The smallest absolute Gasteiger partial charge is 0.246 e. The fourth-order valence-corrected chi connectivity index (χ4v) is 6.80. The zero-order chi connectivity index (χ0) is 35.1. The summed E-state index contributed by atoms with van der Waals surface area (Å²) in [5, 5.41) is 0.948. The number of furan rings is 1. The van der Waals surface area contributed by atoms with E-state index in [1.54, 1.807) is 0 Å². The van der Waals surface area contributed by atoms with Crippen molar-refractivity contribution in [1.82, 2.24) is 24.9 Å². The fourth-order valence-electron chi connectivity index (χ4n) is 6.80. The van der Waals surface area contributed by atoms with Crippen molar-refractivity contribution in [2.75, 3.05) is 0 Å². The minimum atomic E-state index is 0.548. The van der Waals surface area contributed by atoms with Crippen LogP contribution in [0.1, 0.15) is 0 Å². The molecule has 0 radical (unpaired) electrons. The van der Waals surface area contributed by atoms with Crippen LogP contribution in [0.3, 0.4) is 0 Å². The summed E-state index contributed by atoms with van der Waals surface area (Å²) in [7, 11) is 0. The zero-order valence-corrected chi connectivity index (χ0v) is 28.4. The molecule has 6 nitrogen and oxygen atoms in total. The number of fused-ring (bicyclic) bond motifs is 4. The molecule has 0 fully saturated rings. The van der Waals surface area contributed by atoms with Gasteiger partial charge in [-0.15, -0.1) is 0 Å². The molecule has 3 aromatic heterocycles. The number of hydrogen-bond donors (Lipinski definition) is 0. The molecule has 0 amide bonds. The predicted molar refractivity (Wildman–Crippen MR) is 213 cm³/mol. The molecule has 0 aliphatic carbocycles. The van der Waals surface area contributed by atoms with Gasteiger partial charge in [-0.25, -0.2) is 24.9 Å². The largest absolute Gasteiger partial charge is 0.436 e. The van der Waals surface area contributed by atoms with Crippen LogP contribution in [0.2, 0.25) is 0 Å². The number of rotatable bonds is 6. The molecule has 53 heavy (non-hydrogen) atoms. The third-order valence-electron chi connectivity index (χ3n) is 9.57. The van der Waals surface area contributed by atoms with Gasteiger partial charge in [-0.05, 0) is 63.7 Å². The van der Waals surface area contributed by atoms with Crippen molar-refractivity contribution >= 4 is 33.2 Å². The maximum atomic E-state index is 6.09. The topological polar surface area (TPSA) is 77.6 Å². The minimum Gasteiger partial charge on any atom is -0.436 e. The molecule has 3 heterocycles. The Kier molecular flexibility index (Phi) is 7.36. The second-order valence-electron chi connectivity index (χ2n) is 13.0. The second-order valence-corrected chi connectivity index (χ2v) is 13.0. The third kappa shape index (κ3) is 5.78. The van der Waals surface area contributed by atoms with Crippen LogP contribution < -0.4 is 0 Å². The van der Waals surface area contributed by atoms with E-state index >= 15 is 0 Å². The summed E-state index contributed by atoms with van der Waals surface area (Å²) in [6.45, 7) is 0. The van der Waals surface area contributed by atoms with Gasteiger partial charge in [0.1, 0.15) is 11.1 Å². The highest BCUT2D eigenvalue weighted by Crippen LogP contribution is 2.34. The molecule has 0 bridgehead atoms. The molecule has 0 spiro atoms. The van der Waals surface area contributed by atoms with Crippen LogP contribution in [-0.4, -0.2) is 24.9 Å². The Morgan fingerprint density at radius 1 is 0.302 bits per heavy atom. The number of nitrogens with zero attached hydrogens (tertiary/aromatic N) is 5. The molecular formula is C47H29N5O. The average Bonchev–Trinajstić information content (AvgIpc) is 3.60. The second kappa shape index (κ2) is 12.8. The summed E-state index contributed by atoms with van der Waals surface area (Å²) in [6, 6.07) is 59.9. The number of hydrogen-bond acceptors (Lipinski definition) is 6. The summed E-state index contributed by atoms with van der Waals surface area (Å²) >= 11 is 0. The lowest BCUT2D eigenvalue weighted by Crippen LogP contribution is -2.00. The Morgan fingerprint density at radius 3 is 1.34 bits per heavy atom. The van der Waals surface area contributed by atoms with Crippen molar-refractivity contribution in [3.05, 3.63) is 176 Å². The molecule has 0 unspecified atom stereocenters. The SMILES string of the molecule is c1ccc(-c2ccc(-c3nc(-c4ccccc4)nc(-c4ccc(-c5cccc(-c6ccc7oc8nc9ccccc9nc8c7c6)c5)cc4)n3)cc2)cc1. The van der Waals surface area contributed by atoms with Crippen LogP contribution in [0.25, 0.3) is 101 Å². The quantitative estimate of drug-likeness (QED) is 0.174. The predicted octanol–water partition coefficient (Wildman–Crippen LogP) is 11.7. The highest BCUT2D eigenvalue weighted by Gasteiger charge is 2.15. The van der Waals surface area contributed by atoms with E-state index in [-0.39, 0.29) is 0 Å². The number of benzene rings is 7. The Hall–Kier alpha value is -7.31. The van der Waals surface area contributed by atoms with E-state index in [2.05, 4.69) is 109 Å². The van der Waals surface area contributed by atoms with Crippen molar-refractivity contribution in [1.29, 1.82) is 0 Å². The first-order valence-corrected chi connectivity index (χ1v) is 17.5. The van der Waals surface area contributed by atoms with Crippen LogP contribution >= 0.6 is 0 Å². The Balaban J connectivity index is 0.983. The van der Waals surface area contributed by atoms with Gasteiger partial charge in [0.2, 0.25) is 5.71 Å². The van der Waals surface area contributed by atoms with Gasteiger partial charge in [0.05, 0.1) is 11.0 Å². The summed E-state index contributed by atoms with van der Waals surface area (Å²) in [5.41, 5.74) is 13.2. The molecule has 7 aromatic carbocycles. The van der Waals surface area contributed by atoms with E-state index in [0.717, 1.165) is 72.0 Å². The number of para-hydroxylation sites is 2. The van der Waals surface area contributed by atoms with Gasteiger partial charge in [0, 0.05) is 22.1 Å². The van der Waals surface area contributed by atoms with Crippen molar-refractivity contribution in [3.63, 3.8) is 0 Å². The highest BCUT2D eigenvalue weighted by atomic mass is 16.3. The van der Waals surface area contributed by atoms with Crippen molar-refractivity contribution < 1.29 is 4.42 Å². The van der Waals surface area contributed by atoms with E-state index < -0.39 is 0 Å². The third-order valence-corrected chi connectivity index (χ3v) is 9.57. The Bertz CT molecular complexity index is 2920. The molecule has 0 N–H and O–H groups in total. The van der Waals surface area contributed by atoms with Gasteiger partial charge >= 0.3 is 0 Å². The molecule has 0 saturated carbocycles. The average molecular weight is 680 g/mol. The summed E-state index contributed by atoms with van der Waals surface area (Å²) in [4.78, 5) is 24.4. The van der Waals surface area contributed by atoms with Crippen molar-refractivity contribution in [2.45, 2.75) is 0 Å². The normalized spacial score (nSPS) is 11.4. The minimum absolute atomic E-state index is 0.548. The molecule has 248 valence electrons. The number of aromatic nitrogens is 5. The first-order valence-electron chi connectivity index (χ1n) is 17.5. The molecule has 10 aromatic rings. The lowest BCUT2D eigenvalue weighted by molar-refractivity contribution is 0.655. The zero-order valence-electron chi connectivity index (χ0n) is 28.4. The first-order chi connectivity index (χ1) is 26.2. The van der Waals surface area contributed by atoms with E-state index in [1.807, 2.05) is 66.7 Å². The summed E-state index contributed by atoms with van der Waals surface area (Å²) < 4.78 is 6.09.